The molecule has 4 nitrogen and oxygen atoms in total. The van der Waals surface area contributed by atoms with Gasteiger partial charge in [-0.15, -0.1) is 0 Å². The third-order valence-corrected chi connectivity index (χ3v) is 3.14. The molecule has 2 rings (SSSR count). The van der Waals surface area contributed by atoms with Crippen molar-refractivity contribution in [1.29, 1.82) is 0 Å². The summed E-state index contributed by atoms with van der Waals surface area (Å²) in [7, 11) is 0. The molecule has 5 heteroatoms. The molecule has 0 amide bonds. The Hall–Kier alpha value is -0.940. The van der Waals surface area contributed by atoms with E-state index < -0.39 is 4.92 Å². The lowest BCUT2D eigenvalue weighted by Gasteiger charge is -2.10. The highest BCUT2D eigenvalue weighted by molar-refractivity contribution is 9.10. The SMILES string of the molecule is NC1(c2ccc([N+](=O)[O-])cc2Br)CC1. The smallest absolute Gasteiger partial charge is 0.270 e. The fourth-order valence-electron chi connectivity index (χ4n) is 1.43. The molecule has 74 valence electrons. The third kappa shape index (κ3) is 1.53. The molecule has 1 saturated carbocycles. The van der Waals surface area contributed by atoms with Gasteiger partial charge in [0.25, 0.3) is 5.69 Å². The molecule has 0 aliphatic heterocycles. The van der Waals surface area contributed by atoms with Gasteiger partial charge >= 0.3 is 0 Å². The van der Waals surface area contributed by atoms with E-state index in [0.717, 1.165) is 22.9 Å². The molecule has 0 bridgehead atoms. The van der Waals surface area contributed by atoms with Gasteiger partial charge in [-0.2, -0.15) is 0 Å². The molecule has 1 aliphatic carbocycles. The van der Waals surface area contributed by atoms with Crippen LogP contribution in [0.5, 0.6) is 0 Å². The zero-order valence-electron chi connectivity index (χ0n) is 7.37. The molecule has 1 fully saturated rings. The van der Waals surface area contributed by atoms with E-state index in [1.165, 1.54) is 12.1 Å². The Kier molecular flexibility index (Phi) is 2.08. The predicted molar refractivity (Wildman–Crippen MR) is 55.9 cm³/mol. The van der Waals surface area contributed by atoms with E-state index in [0.29, 0.717) is 0 Å². The Morgan fingerprint density at radius 2 is 2.14 bits per heavy atom. The number of nitro benzene ring substituents is 1. The summed E-state index contributed by atoms with van der Waals surface area (Å²) in [6.45, 7) is 0. The van der Waals surface area contributed by atoms with E-state index in [-0.39, 0.29) is 11.2 Å². The summed E-state index contributed by atoms with van der Waals surface area (Å²) in [4.78, 5) is 10.1. The Bertz CT molecular complexity index is 402. The molecule has 2 N–H and O–H groups in total. The Balaban J connectivity index is 2.41. The number of halogens is 1. The van der Waals surface area contributed by atoms with Crippen LogP contribution in [-0.2, 0) is 5.54 Å². The van der Waals surface area contributed by atoms with Crippen molar-refractivity contribution in [2.24, 2.45) is 5.73 Å². The number of non-ortho nitro benzene ring substituents is 1. The quantitative estimate of drug-likeness (QED) is 0.652. The highest BCUT2D eigenvalue weighted by Crippen LogP contribution is 2.46. The topological polar surface area (TPSA) is 69.2 Å². The first-order valence-corrected chi connectivity index (χ1v) is 5.05. The van der Waals surface area contributed by atoms with Crippen LogP contribution in [-0.4, -0.2) is 4.92 Å². The molecule has 1 aliphatic rings. The van der Waals surface area contributed by atoms with E-state index in [4.69, 9.17) is 5.73 Å². The van der Waals surface area contributed by atoms with Crippen molar-refractivity contribution in [2.75, 3.05) is 0 Å². The summed E-state index contributed by atoms with van der Waals surface area (Å²) in [6.07, 6.45) is 1.90. The molecule has 1 aromatic carbocycles. The number of nitro groups is 1. The first kappa shape index (κ1) is 9.61. The first-order valence-electron chi connectivity index (χ1n) is 4.26. The lowest BCUT2D eigenvalue weighted by Crippen LogP contribution is -2.19. The molecule has 0 atom stereocenters. The average Bonchev–Trinajstić information content (AvgIpc) is 2.84. The highest BCUT2D eigenvalue weighted by atomic mass is 79.9. The highest BCUT2D eigenvalue weighted by Gasteiger charge is 2.41. The fourth-order valence-corrected chi connectivity index (χ4v) is 2.19. The van der Waals surface area contributed by atoms with Gasteiger partial charge < -0.3 is 5.73 Å². The molecule has 1 aromatic rings. The summed E-state index contributed by atoms with van der Waals surface area (Å²) >= 11 is 3.31. The van der Waals surface area contributed by atoms with Crippen molar-refractivity contribution in [3.8, 4) is 0 Å². The van der Waals surface area contributed by atoms with Crippen molar-refractivity contribution in [3.05, 3.63) is 38.3 Å². The van der Waals surface area contributed by atoms with Gasteiger partial charge in [-0.1, -0.05) is 15.9 Å². The Morgan fingerprint density at radius 1 is 1.50 bits per heavy atom. The van der Waals surface area contributed by atoms with Crippen molar-refractivity contribution in [1.82, 2.24) is 0 Å². The van der Waals surface area contributed by atoms with E-state index in [1.807, 2.05) is 0 Å². The standard InChI is InChI=1S/C9H9BrN2O2/c10-8-5-6(12(13)14)1-2-7(8)9(11)3-4-9/h1-2,5H,3-4,11H2. The van der Waals surface area contributed by atoms with Crippen LogP contribution in [0.15, 0.2) is 22.7 Å². The second-order valence-electron chi connectivity index (χ2n) is 3.58. The van der Waals surface area contributed by atoms with Crippen LogP contribution in [0.1, 0.15) is 18.4 Å². The predicted octanol–water partition coefficient (Wildman–Crippen LogP) is 2.31. The van der Waals surface area contributed by atoms with Gasteiger partial charge in [0, 0.05) is 22.1 Å². The lowest BCUT2D eigenvalue weighted by atomic mass is 10.1. The van der Waals surface area contributed by atoms with Crippen LogP contribution >= 0.6 is 15.9 Å². The number of benzene rings is 1. The van der Waals surface area contributed by atoms with Crippen molar-refractivity contribution < 1.29 is 4.92 Å². The van der Waals surface area contributed by atoms with Crippen LogP contribution in [0.25, 0.3) is 0 Å². The van der Waals surface area contributed by atoms with Gasteiger partial charge in [-0.05, 0) is 24.5 Å². The summed E-state index contributed by atoms with van der Waals surface area (Å²) in [6, 6.07) is 4.73. The molecular formula is C9H9BrN2O2. The van der Waals surface area contributed by atoms with Crippen LogP contribution < -0.4 is 5.73 Å². The van der Waals surface area contributed by atoms with E-state index in [2.05, 4.69) is 15.9 Å². The van der Waals surface area contributed by atoms with Crippen molar-refractivity contribution >= 4 is 21.6 Å². The Labute approximate surface area is 89.4 Å². The minimum Gasteiger partial charge on any atom is -0.321 e. The molecule has 0 saturated heterocycles. The number of hydrogen-bond acceptors (Lipinski definition) is 3. The van der Waals surface area contributed by atoms with Crippen LogP contribution in [0.4, 0.5) is 5.69 Å². The number of rotatable bonds is 2. The monoisotopic (exact) mass is 256 g/mol. The van der Waals surface area contributed by atoms with Gasteiger partial charge in [0.05, 0.1) is 4.92 Å². The summed E-state index contributed by atoms with van der Waals surface area (Å²) in [5.74, 6) is 0. The maximum Gasteiger partial charge on any atom is 0.270 e. The lowest BCUT2D eigenvalue weighted by molar-refractivity contribution is -0.384. The number of nitrogens with zero attached hydrogens (tertiary/aromatic N) is 1. The second kappa shape index (κ2) is 3.03. The molecule has 0 heterocycles. The zero-order chi connectivity index (χ0) is 10.3. The molecule has 0 spiro atoms. The average molecular weight is 257 g/mol. The van der Waals surface area contributed by atoms with Crippen LogP contribution in [0.2, 0.25) is 0 Å². The summed E-state index contributed by atoms with van der Waals surface area (Å²) < 4.78 is 0.728. The van der Waals surface area contributed by atoms with Crippen molar-refractivity contribution in [3.63, 3.8) is 0 Å². The van der Waals surface area contributed by atoms with Gasteiger partial charge in [0.1, 0.15) is 0 Å². The van der Waals surface area contributed by atoms with Crippen LogP contribution in [0.3, 0.4) is 0 Å². The number of nitrogens with two attached hydrogens (primary N) is 1. The molecule has 0 unspecified atom stereocenters. The molecular weight excluding hydrogens is 248 g/mol. The zero-order valence-corrected chi connectivity index (χ0v) is 8.95. The normalized spacial score (nSPS) is 17.9. The van der Waals surface area contributed by atoms with Gasteiger partial charge in [-0.25, -0.2) is 0 Å². The number of hydrogen-bond donors (Lipinski definition) is 1. The summed E-state index contributed by atoms with van der Waals surface area (Å²) in [5.41, 5.74) is 6.79. The first-order chi connectivity index (χ1) is 6.53. The maximum absolute atomic E-state index is 10.5. The minimum atomic E-state index is -0.412. The largest absolute Gasteiger partial charge is 0.321 e. The summed E-state index contributed by atoms with van der Waals surface area (Å²) in [5, 5.41) is 10.5. The van der Waals surface area contributed by atoms with E-state index in [9.17, 15) is 10.1 Å². The van der Waals surface area contributed by atoms with Gasteiger partial charge in [-0.3, -0.25) is 10.1 Å². The van der Waals surface area contributed by atoms with E-state index in [1.54, 1.807) is 6.07 Å². The van der Waals surface area contributed by atoms with Gasteiger partial charge in [0.15, 0.2) is 0 Å². The van der Waals surface area contributed by atoms with Crippen molar-refractivity contribution in [2.45, 2.75) is 18.4 Å². The molecule has 0 aromatic heterocycles. The van der Waals surface area contributed by atoms with Crippen LogP contribution in [0, 0.1) is 10.1 Å². The fraction of sp³-hybridized carbons (Fsp3) is 0.333. The second-order valence-corrected chi connectivity index (χ2v) is 4.43. The molecule has 14 heavy (non-hydrogen) atoms. The van der Waals surface area contributed by atoms with E-state index >= 15 is 0 Å². The molecule has 0 radical (unpaired) electrons. The maximum atomic E-state index is 10.5. The third-order valence-electron chi connectivity index (χ3n) is 2.49. The van der Waals surface area contributed by atoms with Gasteiger partial charge in [0.2, 0.25) is 0 Å². The Morgan fingerprint density at radius 3 is 2.57 bits per heavy atom. The minimum absolute atomic E-state index is 0.0878.